The molecule has 2 aromatic rings. The molecule has 17 heavy (non-hydrogen) atoms. The Labute approximate surface area is 97.3 Å². The van der Waals surface area contributed by atoms with Crippen LogP contribution in [0.4, 0.5) is 0 Å². The van der Waals surface area contributed by atoms with Crippen molar-refractivity contribution in [3.05, 3.63) is 40.9 Å². The Balaban J connectivity index is 2.32. The fourth-order valence-corrected chi connectivity index (χ4v) is 1.74. The zero-order valence-electron chi connectivity index (χ0n) is 9.17. The number of hydrogen-bond acceptors (Lipinski definition) is 3. The van der Waals surface area contributed by atoms with E-state index in [1.807, 2.05) is 12.1 Å². The van der Waals surface area contributed by atoms with Crippen LogP contribution in [0.2, 0.25) is 0 Å². The van der Waals surface area contributed by atoms with Crippen LogP contribution in [0.1, 0.15) is 12.8 Å². The first kappa shape index (κ1) is 11.3. The summed E-state index contributed by atoms with van der Waals surface area (Å²) in [4.78, 5) is 25.7. The van der Waals surface area contributed by atoms with Gasteiger partial charge in [0.1, 0.15) is 0 Å². The molecule has 0 atom stereocenters. The lowest BCUT2D eigenvalue weighted by atomic mass is 10.2. The van der Waals surface area contributed by atoms with Gasteiger partial charge in [0.15, 0.2) is 0 Å². The Kier molecular flexibility index (Phi) is 3.18. The maximum absolute atomic E-state index is 11.5. The predicted octanol–water partition coefficient (Wildman–Crippen LogP) is 1.26. The van der Waals surface area contributed by atoms with Gasteiger partial charge in [0.05, 0.1) is 17.2 Å². The van der Waals surface area contributed by atoms with Crippen molar-refractivity contribution < 1.29 is 9.90 Å². The van der Waals surface area contributed by atoms with E-state index in [-0.39, 0.29) is 12.0 Å². The van der Waals surface area contributed by atoms with Crippen LogP contribution in [0.15, 0.2) is 35.4 Å². The third-order valence-electron chi connectivity index (χ3n) is 2.55. The average molecular weight is 232 g/mol. The second kappa shape index (κ2) is 4.78. The molecule has 0 saturated heterocycles. The van der Waals surface area contributed by atoms with Crippen molar-refractivity contribution in [1.82, 2.24) is 9.55 Å². The van der Waals surface area contributed by atoms with E-state index in [0.717, 1.165) is 5.52 Å². The van der Waals surface area contributed by atoms with Crippen LogP contribution in [0.3, 0.4) is 0 Å². The zero-order valence-corrected chi connectivity index (χ0v) is 9.17. The highest BCUT2D eigenvalue weighted by molar-refractivity contribution is 5.77. The van der Waals surface area contributed by atoms with Crippen LogP contribution in [-0.2, 0) is 11.3 Å². The van der Waals surface area contributed by atoms with Crippen LogP contribution in [0.25, 0.3) is 10.9 Å². The monoisotopic (exact) mass is 232 g/mol. The maximum atomic E-state index is 11.5. The van der Waals surface area contributed by atoms with Gasteiger partial charge >= 0.3 is 5.97 Å². The number of carboxylic acid groups (broad SMARTS) is 1. The van der Waals surface area contributed by atoms with Crippen LogP contribution >= 0.6 is 0 Å². The molecule has 0 fully saturated rings. The Hall–Kier alpha value is -2.17. The molecular weight excluding hydrogens is 220 g/mol. The Morgan fingerprint density at radius 1 is 1.35 bits per heavy atom. The first-order valence-corrected chi connectivity index (χ1v) is 5.34. The Morgan fingerprint density at radius 2 is 2.12 bits per heavy atom. The highest BCUT2D eigenvalue weighted by Gasteiger charge is 2.03. The summed E-state index contributed by atoms with van der Waals surface area (Å²) in [6.07, 6.45) is 2.09. The number of aryl methyl sites for hydroxylation is 1. The number of para-hydroxylation sites is 1. The van der Waals surface area contributed by atoms with Gasteiger partial charge < -0.3 is 9.67 Å². The smallest absolute Gasteiger partial charge is 0.303 e. The van der Waals surface area contributed by atoms with Gasteiger partial charge in [-0.2, -0.15) is 4.98 Å². The summed E-state index contributed by atoms with van der Waals surface area (Å²) < 4.78 is 1.81. The molecule has 1 N–H and O–H groups in total. The summed E-state index contributed by atoms with van der Waals surface area (Å²) in [6.45, 7) is 0.542. The Morgan fingerprint density at radius 3 is 2.88 bits per heavy atom. The molecule has 0 aliphatic carbocycles. The van der Waals surface area contributed by atoms with Crippen molar-refractivity contribution in [2.24, 2.45) is 0 Å². The topological polar surface area (TPSA) is 72.2 Å². The van der Waals surface area contributed by atoms with Gasteiger partial charge in [-0.1, -0.05) is 12.1 Å². The van der Waals surface area contributed by atoms with Gasteiger partial charge in [0.2, 0.25) is 0 Å². The highest BCUT2D eigenvalue weighted by Crippen LogP contribution is 2.09. The maximum Gasteiger partial charge on any atom is 0.303 e. The van der Waals surface area contributed by atoms with E-state index in [1.165, 1.54) is 6.33 Å². The fraction of sp³-hybridized carbons (Fsp3) is 0.250. The minimum Gasteiger partial charge on any atom is -0.481 e. The number of fused-ring (bicyclic) bond motifs is 1. The number of carbonyl (C=O) groups is 1. The number of rotatable bonds is 4. The summed E-state index contributed by atoms with van der Waals surface area (Å²) in [5.74, 6) is -0.816. The highest BCUT2D eigenvalue weighted by atomic mass is 16.4. The van der Waals surface area contributed by atoms with Crippen molar-refractivity contribution in [3.8, 4) is 0 Å². The quantitative estimate of drug-likeness (QED) is 0.861. The SMILES string of the molecule is O=C(O)CCCn1cnc(=O)c2ccccc21. The second-order valence-corrected chi connectivity index (χ2v) is 3.76. The van der Waals surface area contributed by atoms with Crippen LogP contribution in [0, 0.1) is 0 Å². The standard InChI is InChI=1S/C12H12N2O3/c15-11(16)6-3-7-14-8-13-12(17)9-4-1-2-5-10(9)14/h1-2,4-5,8H,3,6-7H2,(H,15,16). The van der Waals surface area contributed by atoms with Crippen LogP contribution < -0.4 is 5.56 Å². The largest absolute Gasteiger partial charge is 0.481 e. The molecule has 0 aliphatic heterocycles. The molecule has 0 bridgehead atoms. The summed E-state index contributed by atoms with van der Waals surface area (Å²) >= 11 is 0. The van der Waals surface area contributed by atoms with Crippen molar-refractivity contribution >= 4 is 16.9 Å². The third kappa shape index (κ3) is 2.50. The first-order valence-electron chi connectivity index (χ1n) is 5.34. The van der Waals surface area contributed by atoms with Crippen molar-refractivity contribution in [3.63, 3.8) is 0 Å². The summed E-state index contributed by atoms with van der Waals surface area (Å²) in [5.41, 5.74) is 0.535. The lowest BCUT2D eigenvalue weighted by Crippen LogP contribution is -2.13. The third-order valence-corrected chi connectivity index (χ3v) is 2.55. The van der Waals surface area contributed by atoms with E-state index in [1.54, 1.807) is 16.7 Å². The first-order chi connectivity index (χ1) is 8.18. The molecule has 2 rings (SSSR count). The number of aromatic nitrogens is 2. The molecule has 0 spiro atoms. The van der Waals surface area contributed by atoms with Gasteiger partial charge in [0, 0.05) is 13.0 Å². The molecular formula is C12H12N2O3. The van der Waals surface area contributed by atoms with E-state index in [0.29, 0.717) is 18.4 Å². The lowest BCUT2D eigenvalue weighted by molar-refractivity contribution is -0.137. The van der Waals surface area contributed by atoms with Crippen LogP contribution in [-0.4, -0.2) is 20.6 Å². The van der Waals surface area contributed by atoms with Gasteiger partial charge in [-0.15, -0.1) is 0 Å². The molecule has 0 radical (unpaired) electrons. The second-order valence-electron chi connectivity index (χ2n) is 3.76. The zero-order chi connectivity index (χ0) is 12.3. The number of aliphatic carboxylic acids is 1. The normalized spacial score (nSPS) is 10.6. The van der Waals surface area contributed by atoms with E-state index in [2.05, 4.69) is 4.98 Å². The molecule has 0 saturated carbocycles. The van der Waals surface area contributed by atoms with Crippen molar-refractivity contribution in [1.29, 1.82) is 0 Å². The van der Waals surface area contributed by atoms with Crippen molar-refractivity contribution in [2.75, 3.05) is 0 Å². The number of benzene rings is 1. The van der Waals surface area contributed by atoms with E-state index >= 15 is 0 Å². The molecule has 1 aromatic carbocycles. The summed E-state index contributed by atoms with van der Waals surface area (Å²) in [7, 11) is 0. The Bertz CT molecular complexity index is 604. The molecule has 5 nitrogen and oxygen atoms in total. The molecule has 5 heteroatoms. The lowest BCUT2D eigenvalue weighted by Gasteiger charge is -2.08. The molecule has 1 heterocycles. The van der Waals surface area contributed by atoms with E-state index in [9.17, 15) is 9.59 Å². The van der Waals surface area contributed by atoms with Crippen LogP contribution in [0.5, 0.6) is 0 Å². The van der Waals surface area contributed by atoms with E-state index < -0.39 is 5.97 Å². The predicted molar refractivity (Wildman–Crippen MR) is 62.9 cm³/mol. The van der Waals surface area contributed by atoms with Gasteiger partial charge in [-0.3, -0.25) is 9.59 Å². The van der Waals surface area contributed by atoms with Crippen molar-refractivity contribution in [2.45, 2.75) is 19.4 Å². The summed E-state index contributed by atoms with van der Waals surface area (Å²) in [6, 6.07) is 7.18. The van der Waals surface area contributed by atoms with Gasteiger partial charge in [0.25, 0.3) is 5.56 Å². The number of carboxylic acids is 1. The minimum absolute atomic E-state index is 0.112. The minimum atomic E-state index is -0.816. The van der Waals surface area contributed by atoms with Gasteiger partial charge in [-0.25, -0.2) is 0 Å². The molecule has 0 aliphatic rings. The number of nitrogens with zero attached hydrogens (tertiary/aromatic N) is 2. The summed E-state index contributed by atoms with van der Waals surface area (Å²) in [5, 5.41) is 9.13. The van der Waals surface area contributed by atoms with E-state index in [4.69, 9.17) is 5.11 Å². The molecule has 1 aromatic heterocycles. The molecule has 0 unspecified atom stereocenters. The fourth-order valence-electron chi connectivity index (χ4n) is 1.74. The number of hydrogen-bond donors (Lipinski definition) is 1. The molecule has 0 amide bonds. The molecule has 88 valence electrons. The average Bonchev–Trinajstić information content (AvgIpc) is 2.32. The van der Waals surface area contributed by atoms with Gasteiger partial charge in [-0.05, 0) is 18.6 Å².